The first-order chi connectivity index (χ1) is 11.0. The number of likely N-dealkylation sites (tertiary alicyclic amines) is 1. The van der Waals surface area contributed by atoms with Gasteiger partial charge >= 0.3 is 0 Å². The topological polar surface area (TPSA) is 69.7 Å². The van der Waals surface area contributed by atoms with Crippen molar-refractivity contribution < 1.29 is 13.2 Å². The van der Waals surface area contributed by atoms with Crippen LogP contribution in [0.1, 0.15) is 45.4 Å². The van der Waals surface area contributed by atoms with E-state index in [1.807, 2.05) is 11.8 Å². The Morgan fingerprint density at radius 2 is 1.83 bits per heavy atom. The third-order valence-corrected chi connectivity index (χ3v) is 8.01. The van der Waals surface area contributed by atoms with Gasteiger partial charge in [-0.15, -0.1) is 0 Å². The Hall–Kier alpha value is -0.660. The summed E-state index contributed by atoms with van der Waals surface area (Å²) in [6.07, 6.45) is 5.67. The first-order valence-corrected chi connectivity index (χ1v) is 10.5. The number of carbonyl (C=O) groups is 1. The van der Waals surface area contributed by atoms with Crippen LogP contribution in [0.4, 0.5) is 0 Å². The third kappa shape index (κ3) is 3.56. The van der Waals surface area contributed by atoms with Gasteiger partial charge in [-0.25, -0.2) is 8.42 Å². The van der Waals surface area contributed by atoms with Gasteiger partial charge in [-0.05, 0) is 32.6 Å². The van der Waals surface area contributed by atoms with Gasteiger partial charge < -0.3 is 10.2 Å². The zero-order valence-electron chi connectivity index (χ0n) is 14.0. The van der Waals surface area contributed by atoms with Crippen molar-refractivity contribution in [3.8, 4) is 0 Å². The monoisotopic (exact) mass is 343 g/mol. The van der Waals surface area contributed by atoms with Crippen LogP contribution in [-0.4, -0.2) is 67.5 Å². The number of hydrogen-bond donors (Lipinski definition) is 1. The molecule has 7 heteroatoms. The number of piperazine rings is 1. The number of amides is 1. The third-order valence-electron chi connectivity index (χ3n) is 5.58. The molecule has 1 amide bonds. The molecule has 3 aliphatic rings. The standard InChI is InChI=1S/C16H29N3O3S/c1-13-11-17-8-10-19(13)23(21,22)15-7-4-9-18(12-15)16(20)14-5-2-3-6-14/h13-15,17H,2-12H2,1H3/t13-,15?/m0/s1. The van der Waals surface area contributed by atoms with Crippen LogP contribution in [0.3, 0.4) is 0 Å². The van der Waals surface area contributed by atoms with Gasteiger partial charge in [0.1, 0.15) is 0 Å². The maximum Gasteiger partial charge on any atom is 0.225 e. The minimum absolute atomic E-state index is 0.00494. The van der Waals surface area contributed by atoms with E-state index in [-0.39, 0.29) is 17.9 Å². The smallest absolute Gasteiger partial charge is 0.225 e. The number of nitrogens with zero attached hydrogens (tertiary/aromatic N) is 2. The average Bonchev–Trinajstić information content (AvgIpc) is 3.09. The van der Waals surface area contributed by atoms with Gasteiger partial charge in [0.05, 0.1) is 5.25 Å². The lowest BCUT2D eigenvalue weighted by Gasteiger charge is -2.39. The first-order valence-electron chi connectivity index (χ1n) is 9.00. The summed E-state index contributed by atoms with van der Waals surface area (Å²) in [6.45, 7) is 5.01. The molecule has 0 aromatic rings. The number of carbonyl (C=O) groups excluding carboxylic acids is 1. The van der Waals surface area contributed by atoms with Crippen molar-refractivity contribution in [1.82, 2.24) is 14.5 Å². The van der Waals surface area contributed by atoms with Gasteiger partial charge in [0.25, 0.3) is 0 Å². The molecule has 1 aliphatic carbocycles. The van der Waals surface area contributed by atoms with Gasteiger partial charge in [0.15, 0.2) is 0 Å². The highest BCUT2D eigenvalue weighted by Gasteiger charge is 2.40. The molecule has 0 bridgehead atoms. The Kier molecular flexibility index (Phi) is 5.28. The summed E-state index contributed by atoms with van der Waals surface area (Å²) in [5, 5.41) is 2.80. The van der Waals surface area contributed by atoms with E-state index in [1.54, 1.807) is 4.31 Å². The van der Waals surface area contributed by atoms with Crippen LogP contribution in [0.15, 0.2) is 0 Å². The van der Waals surface area contributed by atoms with E-state index in [2.05, 4.69) is 5.32 Å². The molecule has 23 heavy (non-hydrogen) atoms. The fraction of sp³-hybridized carbons (Fsp3) is 0.938. The maximum atomic E-state index is 13.0. The van der Waals surface area contributed by atoms with E-state index >= 15 is 0 Å². The van der Waals surface area contributed by atoms with Gasteiger partial charge in [-0.3, -0.25) is 4.79 Å². The lowest BCUT2D eigenvalue weighted by molar-refractivity contribution is -0.136. The molecule has 2 saturated heterocycles. The van der Waals surface area contributed by atoms with E-state index in [0.29, 0.717) is 32.6 Å². The minimum Gasteiger partial charge on any atom is -0.341 e. The van der Waals surface area contributed by atoms with Gasteiger partial charge in [0.2, 0.25) is 15.9 Å². The predicted molar refractivity (Wildman–Crippen MR) is 89.5 cm³/mol. The number of rotatable bonds is 3. The number of hydrogen-bond acceptors (Lipinski definition) is 4. The van der Waals surface area contributed by atoms with Crippen molar-refractivity contribution in [3.63, 3.8) is 0 Å². The molecule has 1 unspecified atom stereocenters. The summed E-state index contributed by atoms with van der Waals surface area (Å²) < 4.78 is 27.7. The van der Waals surface area contributed by atoms with Crippen LogP contribution in [0.25, 0.3) is 0 Å². The van der Waals surface area contributed by atoms with E-state index in [4.69, 9.17) is 0 Å². The van der Waals surface area contributed by atoms with Crippen LogP contribution < -0.4 is 5.32 Å². The first kappa shape index (κ1) is 17.2. The number of sulfonamides is 1. The Balaban J connectivity index is 1.68. The molecule has 2 aliphatic heterocycles. The second-order valence-corrected chi connectivity index (χ2v) is 9.40. The van der Waals surface area contributed by atoms with Crippen molar-refractivity contribution >= 4 is 15.9 Å². The minimum atomic E-state index is -3.32. The van der Waals surface area contributed by atoms with Crippen molar-refractivity contribution in [3.05, 3.63) is 0 Å². The summed E-state index contributed by atoms with van der Waals surface area (Å²) in [4.78, 5) is 14.4. The molecule has 3 rings (SSSR count). The van der Waals surface area contributed by atoms with Crippen LogP contribution in [-0.2, 0) is 14.8 Å². The van der Waals surface area contributed by atoms with Crippen LogP contribution in [0.5, 0.6) is 0 Å². The summed E-state index contributed by atoms with van der Waals surface area (Å²) in [6, 6.07) is -0.00494. The SMILES string of the molecule is C[C@H]1CNCCN1S(=O)(=O)C1CCCN(C(=O)C2CCCC2)C1. The van der Waals surface area contributed by atoms with Crippen LogP contribution in [0.2, 0.25) is 0 Å². The molecule has 2 atom stereocenters. The van der Waals surface area contributed by atoms with Crippen molar-refractivity contribution in [2.45, 2.75) is 56.7 Å². The highest BCUT2D eigenvalue weighted by Crippen LogP contribution is 2.29. The van der Waals surface area contributed by atoms with Crippen molar-refractivity contribution in [2.75, 3.05) is 32.7 Å². The highest BCUT2D eigenvalue weighted by molar-refractivity contribution is 7.89. The predicted octanol–water partition coefficient (Wildman–Crippen LogP) is 0.791. The fourth-order valence-electron chi connectivity index (χ4n) is 4.20. The molecule has 6 nitrogen and oxygen atoms in total. The van der Waals surface area contributed by atoms with Crippen molar-refractivity contribution in [2.24, 2.45) is 5.92 Å². The quantitative estimate of drug-likeness (QED) is 0.823. The largest absolute Gasteiger partial charge is 0.341 e. The maximum absolute atomic E-state index is 13.0. The molecule has 0 radical (unpaired) electrons. The van der Waals surface area contributed by atoms with E-state index in [1.165, 1.54) is 0 Å². The van der Waals surface area contributed by atoms with Crippen LogP contribution in [0, 0.1) is 5.92 Å². The second-order valence-electron chi connectivity index (χ2n) is 7.24. The fourth-order valence-corrected chi connectivity index (χ4v) is 6.34. The molecule has 1 N–H and O–H groups in total. The lowest BCUT2D eigenvalue weighted by atomic mass is 10.0. The average molecular weight is 343 g/mol. The Bertz CT molecular complexity index is 531. The summed E-state index contributed by atoms with van der Waals surface area (Å²) >= 11 is 0. The summed E-state index contributed by atoms with van der Waals surface area (Å²) in [5.74, 6) is 0.324. The summed E-state index contributed by atoms with van der Waals surface area (Å²) in [5.41, 5.74) is 0. The second kappa shape index (κ2) is 7.07. The van der Waals surface area contributed by atoms with Crippen LogP contribution >= 0.6 is 0 Å². The number of piperidine rings is 1. The molecule has 2 heterocycles. The van der Waals surface area contributed by atoms with E-state index in [0.717, 1.165) is 38.6 Å². The molecule has 0 aromatic heterocycles. The molecule has 0 aromatic carbocycles. The Labute approximate surface area is 139 Å². The molecular formula is C16H29N3O3S. The zero-order valence-corrected chi connectivity index (χ0v) is 14.9. The molecule has 132 valence electrons. The Morgan fingerprint density at radius 1 is 1.09 bits per heavy atom. The highest BCUT2D eigenvalue weighted by atomic mass is 32.2. The molecular weight excluding hydrogens is 314 g/mol. The Morgan fingerprint density at radius 3 is 2.52 bits per heavy atom. The number of nitrogens with one attached hydrogen (secondary N) is 1. The molecule has 0 spiro atoms. The zero-order chi connectivity index (χ0) is 16.4. The normalized spacial score (nSPS) is 31.4. The van der Waals surface area contributed by atoms with Gasteiger partial charge in [-0.2, -0.15) is 4.31 Å². The molecule has 3 fully saturated rings. The van der Waals surface area contributed by atoms with Crippen molar-refractivity contribution in [1.29, 1.82) is 0 Å². The summed E-state index contributed by atoms with van der Waals surface area (Å²) in [7, 11) is -3.32. The lowest BCUT2D eigenvalue weighted by Crippen LogP contribution is -2.57. The van der Waals surface area contributed by atoms with Gasteiger partial charge in [-0.1, -0.05) is 12.8 Å². The molecule has 1 saturated carbocycles. The van der Waals surface area contributed by atoms with Gasteiger partial charge in [0, 0.05) is 44.7 Å². The van der Waals surface area contributed by atoms with E-state index in [9.17, 15) is 13.2 Å². The van der Waals surface area contributed by atoms with E-state index < -0.39 is 15.3 Å².